The fraction of sp³-hybridized carbons (Fsp3) is 0.412. The van der Waals surface area contributed by atoms with Gasteiger partial charge >= 0.3 is 11.9 Å². The SMILES string of the molecule is CC(C)(C)[Si](OCCC1(CCOc2c(C(=O)O)cccc2C(=O)O)CCCCC1)(c1ccccc1)c1ccccc1. The van der Waals surface area contributed by atoms with E-state index in [1.807, 2.05) is 12.1 Å². The number of carboxylic acid groups (broad SMARTS) is 2. The number of rotatable bonds is 12. The van der Waals surface area contributed by atoms with Gasteiger partial charge in [-0.1, -0.05) is 107 Å². The molecule has 4 rings (SSSR count). The molecule has 0 heterocycles. The molecular weight excluding hydrogens is 532 g/mol. The second kappa shape index (κ2) is 13.0. The molecule has 2 N–H and O–H groups in total. The van der Waals surface area contributed by atoms with Gasteiger partial charge in [-0.3, -0.25) is 0 Å². The summed E-state index contributed by atoms with van der Waals surface area (Å²) in [7, 11) is -2.65. The van der Waals surface area contributed by atoms with Gasteiger partial charge in [0.1, 0.15) is 16.9 Å². The van der Waals surface area contributed by atoms with Crippen LogP contribution in [0.4, 0.5) is 0 Å². The third kappa shape index (κ3) is 6.74. The van der Waals surface area contributed by atoms with Gasteiger partial charge in [0.2, 0.25) is 0 Å². The largest absolute Gasteiger partial charge is 0.492 e. The molecule has 3 aromatic rings. The summed E-state index contributed by atoms with van der Waals surface area (Å²) < 4.78 is 13.2. The van der Waals surface area contributed by atoms with E-state index in [4.69, 9.17) is 9.16 Å². The predicted octanol–water partition coefficient (Wildman–Crippen LogP) is 6.77. The summed E-state index contributed by atoms with van der Waals surface area (Å²) in [6, 6.07) is 25.5. The van der Waals surface area contributed by atoms with Gasteiger partial charge in [-0.2, -0.15) is 0 Å². The van der Waals surface area contributed by atoms with Crippen molar-refractivity contribution in [1.29, 1.82) is 0 Å². The first-order valence-corrected chi connectivity index (χ1v) is 16.5. The Labute approximate surface area is 244 Å². The van der Waals surface area contributed by atoms with E-state index in [1.165, 1.54) is 35.0 Å². The molecule has 1 aliphatic carbocycles. The topological polar surface area (TPSA) is 93.1 Å². The number of hydrogen-bond acceptors (Lipinski definition) is 4. The number of carboxylic acids is 2. The van der Waals surface area contributed by atoms with Crippen LogP contribution in [0.2, 0.25) is 5.04 Å². The van der Waals surface area contributed by atoms with Crippen LogP contribution in [0.1, 0.15) is 86.4 Å². The van der Waals surface area contributed by atoms with Crippen LogP contribution in [0.3, 0.4) is 0 Å². The number of hydrogen-bond donors (Lipinski definition) is 2. The van der Waals surface area contributed by atoms with Gasteiger partial charge in [-0.05, 0) is 58.6 Å². The molecule has 0 aromatic heterocycles. The van der Waals surface area contributed by atoms with Crippen molar-refractivity contribution in [3.63, 3.8) is 0 Å². The lowest BCUT2D eigenvalue weighted by Crippen LogP contribution is -2.66. The van der Waals surface area contributed by atoms with Crippen molar-refractivity contribution in [3.8, 4) is 5.75 Å². The molecule has 7 heteroatoms. The summed E-state index contributed by atoms with van der Waals surface area (Å²) in [5, 5.41) is 21.7. The van der Waals surface area contributed by atoms with Crippen molar-refractivity contribution >= 4 is 30.6 Å². The summed E-state index contributed by atoms with van der Waals surface area (Å²) in [6.45, 7) is 7.71. The zero-order valence-electron chi connectivity index (χ0n) is 24.4. The minimum absolute atomic E-state index is 0.00873. The van der Waals surface area contributed by atoms with E-state index >= 15 is 0 Å². The molecule has 0 saturated heterocycles. The van der Waals surface area contributed by atoms with Gasteiger partial charge in [-0.25, -0.2) is 9.59 Å². The fourth-order valence-electron chi connectivity index (χ4n) is 6.51. The smallest absolute Gasteiger partial charge is 0.339 e. The standard InChI is InChI=1S/C34H42O6Si/c1-33(2,3)41(26-14-7-4-8-15-26,27-16-9-5-10-17-27)40-25-23-34(20-11-6-12-21-34)22-24-39-30-28(31(35)36)18-13-19-29(30)32(37)38/h4-5,7-10,13-19H,6,11-12,20-25H2,1-3H3,(H,35,36)(H,37,38). The molecule has 1 fully saturated rings. The molecule has 0 amide bonds. The molecule has 0 atom stereocenters. The maximum Gasteiger partial charge on any atom is 0.339 e. The molecular formula is C34H42O6Si. The van der Waals surface area contributed by atoms with Crippen LogP contribution >= 0.6 is 0 Å². The summed E-state index contributed by atoms with van der Waals surface area (Å²) in [5.41, 5.74) is -0.263. The van der Waals surface area contributed by atoms with Crippen LogP contribution in [0.25, 0.3) is 0 Å². The van der Waals surface area contributed by atoms with Crippen molar-refractivity contribution in [2.75, 3.05) is 13.2 Å². The van der Waals surface area contributed by atoms with Crippen LogP contribution in [0.15, 0.2) is 78.9 Å². The number of carbonyl (C=O) groups is 2. The Bertz CT molecular complexity index is 1240. The van der Waals surface area contributed by atoms with Gasteiger partial charge in [0.25, 0.3) is 8.32 Å². The number of benzene rings is 3. The lowest BCUT2D eigenvalue weighted by molar-refractivity contribution is 0.0682. The van der Waals surface area contributed by atoms with Crippen molar-refractivity contribution in [3.05, 3.63) is 90.0 Å². The van der Waals surface area contributed by atoms with Crippen LogP contribution < -0.4 is 15.1 Å². The molecule has 6 nitrogen and oxygen atoms in total. The molecule has 0 unspecified atom stereocenters. The molecule has 0 spiro atoms. The summed E-state index contributed by atoms with van der Waals surface area (Å²) in [6.07, 6.45) is 7.14. The average molecular weight is 575 g/mol. The zero-order chi connectivity index (χ0) is 29.5. The monoisotopic (exact) mass is 574 g/mol. The van der Waals surface area contributed by atoms with E-state index in [1.54, 1.807) is 0 Å². The molecule has 0 bridgehead atoms. The number of ether oxygens (including phenoxy) is 1. The first-order chi connectivity index (χ1) is 19.6. The third-order valence-electron chi connectivity index (χ3n) is 8.64. The maximum absolute atomic E-state index is 11.8. The van der Waals surface area contributed by atoms with E-state index in [9.17, 15) is 19.8 Å². The lowest BCUT2D eigenvalue weighted by atomic mass is 9.70. The highest BCUT2D eigenvalue weighted by molar-refractivity contribution is 6.99. The van der Waals surface area contributed by atoms with E-state index in [-0.39, 0.29) is 33.9 Å². The van der Waals surface area contributed by atoms with Gasteiger partial charge in [0.05, 0.1) is 6.61 Å². The Morgan fingerprint density at radius 1 is 0.732 bits per heavy atom. The maximum atomic E-state index is 11.8. The normalized spacial score (nSPS) is 15.3. The molecule has 0 radical (unpaired) electrons. The van der Waals surface area contributed by atoms with Crippen molar-refractivity contribution in [2.24, 2.45) is 5.41 Å². The summed E-state index contributed by atoms with van der Waals surface area (Å²) >= 11 is 0. The second-order valence-electron chi connectivity index (χ2n) is 12.2. The molecule has 1 saturated carbocycles. The second-order valence-corrected chi connectivity index (χ2v) is 16.5. The van der Waals surface area contributed by atoms with Crippen molar-refractivity contribution < 1.29 is 29.0 Å². The molecule has 218 valence electrons. The first kappa shape index (κ1) is 30.5. The van der Waals surface area contributed by atoms with Gasteiger partial charge < -0.3 is 19.4 Å². The zero-order valence-corrected chi connectivity index (χ0v) is 25.4. The van der Waals surface area contributed by atoms with Crippen LogP contribution in [0.5, 0.6) is 5.75 Å². The van der Waals surface area contributed by atoms with Crippen molar-refractivity contribution in [1.82, 2.24) is 0 Å². The van der Waals surface area contributed by atoms with Crippen LogP contribution in [-0.4, -0.2) is 43.7 Å². The Morgan fingerprint density at radius 3 is 1.68 bits per heavy atom. The van der Waals surface area contributed by atoms with Gasteiger partial charge in [0, 0.05) is 6.61 Å². The number of aromatic carboxylic acids is 2. The Hall–Kier alpha value is -3.42. The highest BCUT2D eigenvalue weighted by atomic mass is 28.4. The van der Waals surface area contributed by atoms with E-state index in [2.05, 4.69) is 69.3 Å². The Morgan fingerprint density at radius 2 is 1.22 bits per heavy atom. The Kier molecular flexibility index (Phi) is 9.71. The third-order valence-corrected chi connectivity index (χ3v) is 13.7. The quantitative estimate of drug-likeness (QED) is 0.232. The lowest BCUT2D eigenvalue weighted by Gasteiger charge is -2.44. The van der Waals surface area contributed by atoms with E-state index in [0.29, 0.717) is 13.0 Å². The van der Waals surface area contributed by atoms with E-state index in [0.717, 1.165) is 32.1 Å². The van der Waals surface area contributed by atoms with Crippen LogP contribution in [-0.2, 0) is 4.43 Å². The molecule has 3 aromatic carbocycles. The predicted molar refractivity (Wildman–Crippen MR) is 164 cm³/mol. The van der Waals surface area contributed by atoms with E-state index < -0.39 is 20.3 Å². The Balaban J connectivity index is 1.57. The minimum Gasteiger partial charge on any atom is -0.492 e. The minimum atomic E-state index is -2.65. The highest BCUT2D eigenvalue weighted by Gasteiger charge is 2.50. The molecule has 0 aliphatic heterocycles. The first-order valence-electron chi connectivity index (χ1n) is 14.6. The summed E-state index contributed by atoms with van der Waals surface area (Å²) in [5.74, 6) is -2.47. The molecule has 41 heavy (non-hydrogen) atoms. The van der Waals surface area contributed by atoms with Crippen molar-refractivity contribution in [2.45, 2.75) is 70.8 Å². The highest BCUT2D eigenvalue weighted by Crippen LogP contribution is 2.44. The summed E-state index contributed by atoms with van der Waals surface area (Å²) in [4.78, 5) is 23.6. The molecule has 1 aliphatic rings. The van der Waals surface area contributed by atoms with Gasteiger partial charge in [0.15, 0.2) is 0 Å². The van der Waals surface area contributed by atoms with Gasteiger partial charge in [-0.15, -0.1) is 0 Å². The number of para-hydroxylation sites is 1. The fourth-order valence-corrected chi connectivity index (χ4v) is 11.1. The average Bonchev–Trinajstić information content (AvgIpc) is 2.96. The van der Waals surface area contributed by atoms with Crippen LogP contribution in [0, 0.1) is 5.41 Å².